The van der Waals surface area contributed by atoms with Gasteiger partial charge in [0.1, 0.15) is 0 Å². The molecule has 0 atom stereocenters. The van der Waals surface area contributed by atoms with Crippen molar-refractivity contribution in [3.8, 4) is 0 Å². The monoisotopic (exact) mass is 287 g/mol. The number of ether oxygens (including phenoxy) is 1. The van der Waals surface area contributed by atoms with Crippen LogP contribution in [-0.4, -0.2) is 28.0 Å². The largest absolute Gasteiger partial charge is 0.452 e. The molecule has 0 unspecified atom stereocenters. The highest BCUT2D eigenvalue weighted by Gasteiger charge is 2.23. The van der Waals surface area contributed by atoms with Gasteiger partial charge in [-0.15, -0.1) is 0 Å². The SMILES string of the molecule is COC(=O)N1C=CN=CC2=Cc3ccccc3CN2S1. The number of hydrogen-bond acceptors (Lipinski definition) is 5. The summed E-state index contributed by atoms with van der Waals surface area (Å²) in [6.07, 6.45) is 6.58. The molecule has 2 aliphatic rings. The molecule has 0 aromatic heterocycles. The smallest absolute Gasteiger partial charge is 0.425 e. The van der Waals surface area contributed by atoms with E-state index in [1.165, 1.54) is 34.7 Å². The van der Waals surface area contributed by atoms with Gasteiger partial charge in [-0.2, -0.15) is 0 Å². The maximum Gasteiger partial charge on any atom is 0.425 e. The van der Waals surface area contributed by atoms with Crippen molar-refractivity contribution in [3.63, 3.8) is 0 Å². The van der Waals surface area contributed by atoms with E-state index < -0.39 is 6.09 Å². The summed E-state index contributed by atoms with van der Waals surface area (Å²) in [4.78, 5) is 15.9. The van der Waals surface area contributed by atoms with Gasteiger partial charge in [0.25, 0.3) is 0 Å². The van der Waals surface area contributed by atoms with Crippen molar-refractivity contribution in [1.29, 1.82) is 0 Å². The summed E-state index contributed by atoms with van der Waals surface area (Å²) in [5.74, 6) is 0. The first-order valence-corrected chi connectivity index (χ1v) is 6.83. The fourth-order valence-corrected chi connectivity index (χ4v) is 2.86. The molecule has 2 aliphatic heterocycles. The number of nitrogens with zero attached hydrogens (tertiary/aromatic N) is 3. The van der Waals surface area contributed by atoms with Gasteiger partial charge in [-0.25, -0.2) is 9.10 Å². The molecule has 0 N–H and O–H groups in total. The summed E-state index contributed by atoms with van der Waals surface area (Å²) in [5, 5.41) is 0. The molecule has 0 aliphatic carbocycles. The summed E-state index contributed by atoms with van der Waals surface area (Å²) < 4.78 is 8.17. The fraction of sp³-hybridized carbons (Fsp3) is 0.143. The number of rotatable bonds is 0. The minimum absolute atomic E-state index is 0.429. The molecule has 1 amide bonds. The van der Waals surface area contributed by atoms with Gasteiger partial charge in [-0.05, 0) is 17.2 Å². The lowest BCUT2D eigenvalue weighted by Crippen LogP contribution is -2.29. The highest BCUT2D eigenvalue weighted by molar-refractivity contribution is 7.95. The first kappa shape index (κ1) is 12.8. The highest BCUT2D eigenvalue weighted by Crippen LogP contribution is 2.32. The van der Waals surface area contributed by atoms with Crippen LogP contribution in [0.1, 0.15) is 11.1 Å². The minimum atomic E-state index is -0.429. The van der Waals surface area contributed by atoms with Crippen LogP contribution in [0.3, 0.4) is 0 Å². The Labute approximate surface area is 121 Å². The molecule has 6 heteroatoms. The van der Waals surface area contributed by atoms with E-state index in [0.717, 1.165) is 5.70 Å². The zero-order chi connectivity index (χ0) is 13.9. The Hall–Kier alpha value is -2.21. The third-order valence-electron chi connectivity index (χ3n) is 3.00. The number of allylic oxidation sites excluding steroid dienone is 1. The summed E-state index contributed by atoms with van der Waals surface area (Å²) in [5.41, 5.74) is 3.35. The Morgan fingerprint density at radius 2 is 2.25 bits per heavy atom. The number of aliphatic imine (C=N–C) groups is 1. The third-order valence-corrected chi connectivity index (χ3v) is 3.98. The molecule has 102 valence electrons. The van der Waals surface area contributed by atoms with Gasteiger partial charge in [-0.3, -0.25) is 9.30 Å². The summed E-state index contributed by atoms with van der Waals surface area (Å²) in [7, 11) is 1.36. The van der Waals surface area contributed by atoms with Crippen molar-refractivity contribution < 1.29 is 9.53 Å². The molecular formula is C14H13N3O2S. The van der Waals surface area contributed by atoms with Crippen LogP contribution in [0.2, 0.25) is 0 Å². The number of benzene rings is 1. The van der Waals surface area contributed by atoms with Crippen molar-refractivity contribution in [2.45, 2.75) is 6.54 Å². The quantitative estimate of drug-likeness (QED) is 0.688. The molecule has 0 spiro atoms. The van der Waals surface area contributed by atoms with E-state index in [-0.39, 0.29) is 0 Å². The maximum absolute atomic E-state index is 11.7. The van der Waals surface area contributed by atoms with E-state index in [4.69, 9.17) is 4.74 Å². The van der Waals surface area contributed by atoms with Crippen molar-refractivity contribution >= 4 is 30.5 Å². The van der Waals surface area contributed by atoms with Crippen LogP contribution in [0.4, 0.5) is 4.79 Å². The minimum Gasteiger partial charge on any atom is -0.452 e. The predicted molar refractivity (Wildman–Crippen MR) is 79.4 cm³/mol. The number of carbonyl (C=O) groups is 1. The second-order valence-electron chi connectivity index (χ2n) is 4.26. The van der Waals surface area contributed by atoms with Gasteiger partial charge in [0.05, 0.1) is 37.7 Å². The number of hydrogen-bond donors (Lipinski definition) is 0. The predicted octanol–water partition coefficient (Wildman–Crippen LogP) is 3.03. The molecule has 20 heavy (non-hydrogen) atoms. The van der Waals surface area contributed by atoms with Crippen LogP contribution in [0, 0.1) is 0 Å². The highest BCUT2D eigenvalue weighted by atomic mass is 32.2. The number of methoxy groups -OCH3 is 1. The molecule has 1 aromatic carbocycles. The molecule has 2 heterocycles. The van der Waals surface area contributed by atoms with Crippen molar-refractivity contribution in [1.82, 2.24) is 8.61 Å². The van der Waals surface area contributed by atoms with E-state index in [1.807, 2.05) is 16.4 Å². The maximum atomic E-state index is 11.7. The Morgan fingerprint density at radius 1 is 1.40 bits per heavy atom. The first-order chi connectivity index (χ1) is 9.78. The molecule has 0 saturated carbocycles. The Kier molecular flexibility index (Phi) is 3.47. The third kappa shape index (κ3) is 2.42. The molecule has 3 rings (SSSR count). The molecule has 1 aromatic rings. The van der Waals surface area contributed by atoms with Crippen LogP contribution < -0.4 is 0 Å². The second kappa shape index (κ2) is 5.42. The van der Waals surface area contributed by atoms with E-state index in [0.29, 0.717) is 6.54 Å². The topological polar surface area (TPSA) is 45.1 Å². The Bertz CT molecular complexity index is 625. The van der Waals surface area contributed by atoms with E-state index >= 15 is 0 Å². The molecule has 5 nitrogen and oxygen atoms in total. The van der Waals surface area contributed by atoms with Gasteiger partial charge in [0.2, 0.25) is 0 Å². The van der Waals surface area contributed by atoms with Crippen LogP contribution >= 0.6 is 12.1 Å². The van der Waals surface area contributed by atoms with Crippen molar-refractivity contribution in [2.75, 3.05) is 7.11 Å². The standard InChI is InChI=1S/C14H13N3O2S/c1-19-14(18)16-7-6-15-9-13-8-11-4-2-3-5-12(11)10-17(13)20-16/h2-9H,10H2,1H3. The summed E-state index contributed by atoms with van der Waals surface area (Å²) in [6, 6.07) is 8.18. The average Bonchev–Trinajstić information content (AvgIpc) is 2.46. The molecule has 0 bridgehead atoms. The zero-order valence-corrected chi connectivity index (χ0v) is 11.7. The summed E-state index contributed by atoms with van der Waals surface area (Å²) >= 11 is 1.29. The second-order valence-corrected chi connectivity index (χ2v) is 5.26. The van der Waals surface area contributed by atoms with E-state index in [9.17, 15) is 4.79 Å². The van der Waals surface area contributed by atoms with Gasteiger partial charge in [0, 0.05) is 12.4 Å². The lowest BCUT2D eigenvalue weighted by molar-refractivity contribution is 0.159. The lowest BCUT2D eigenvalue weighted by Gasteiger charge is -2.31. The van der Waals surface area contributed by atoms with Gasteiger partial charge in [-0.1, -0.05) is 24.3 Å². The zero-order valence-electron chi connectivity index (χ0n) is 10.9. The van der Waals surface area contributed by atoms with Crippen LogP contribution in [0.15, 0.2) is 47.4 Å². The molecular weight excluding hydrogens is 274 g/mol. The Morgan fingerprint density at radius 3 is 3.10 bits per heavy atom. The summed E-state index contributed by atoms with van der Waals surface area (Å²) in [6.45, 7) is 0.708. The van der Waals surface area contributed by atoms with Crippen LogP contribution in [0.25, 0.3) is 6.08 Å². The molecule has 0 radical (unpaired) electrons. The van der Waals surface area contributed by atoms with Crippen molar-refractivity contribution in [3.05, 3.63) is 53.5 Å². The van der Waals surface area contributed by atoms with E-state index in [2.05, 4.69) is 23.2 Å². The number of amides is 1. The Balaban J connectivity index is 1.94. The fourth-order valence-electron chi connectivity index (χ4n) is 2.01. The van der Waals surface area contributed by atoms with Gasteiger partial charge < -0.3 is 4.74 Å². The average molecular weight is 287 g/mol. The van der Waals surface area contributed by atoms with Crippen molar-refractivity contribution in [2.24, 2.45) is 4.99 Å². The van der Waals surface area contributed by atoms with Crippen LogP contribution in [-0.2, 0) is 11.3 Å². The van der Waals surface area contributed by atoms with Crippen LogP contribution in [0.5, 0.6) is 0 Å². The number of carbonyl (C=O) groups excluding carboxylic acids is 1. The first-order valence-electron chi connectivity index (χ1n) is 6.10. The normalized spacial score (nSPS) is 16.8. The van der Waals surface area contributed by atoms with Gasteiger partial charge in [0.15, 0.2) is 0 Å². The lowest BCUT2D eigenvalue weighted by atomic mass is 10.0. The van der Waals surface area contributed by atoms with E-state index in [1.54, 1.807) is 18.6 Å². The number of fused-ring (bicyclic) bond motifs is 2. The molecule has 0 saturated heterocycles. The molecule has 0 fully saturated rings. The van der Waals surface area contributed by atoms with Gasteiger partial charge >= 0.3 is 6.09 Å².